The maximum atomic E-state index is 12.5. The van der Waals surface area contributed by atoms with Crippen molar-refractivity contribution in [3.63, 3.8) is 0 Å². The Morgan fingerprint density at radius 1 is 1.45 bits per heavy atom. The van der Waals surface area contributed by atoms with Crippen LogP contribution in [0.25, 0.3) is 0 Å². The van der Waals surface area contributed by atoms with Crippen LogP contribution in [0.5, 0.6) is 0 Å². The van der Waals surface area contributed by atoms with Gasteiger partial charge in [0.1, 0.15) is 0 Å². The quantitative estimate of drug-likeness (QED) is 0.932. The number of hydrogen-bond donors (Lipinski definition) is 1. The number of piperidine rings is 1. The van der Waals surface area contributed by atoms with Crippen LogP contribution in [0, 0.1) is 5.92 Å². The summed E-state index contributed by atoms with van der Waals surface area (Å²) in [6.07, 6.45) is 5.27. The highest BCUT2D eigenvalue weighted by Crippen LogP contribution is 2.34. The van der Waals surface area contributed by atoms with E-state index in [1.54, 1.807) is 12.5 Å². The van der Waals surface area contributed by atoms with Gasteiger partial charge in [-0.15, -0.1) is 0 Å². The number of amides is 2. The molecule has 0 aliphatic carbocycles. The van der Waals surface area contributed by atoms with E-state index in [1.807, 2.05) is 24.8 Å². The fraction of sp³-hybridized carbons (Fsp3) is 0.688. The number of furan rings is 1. The predicted octanol–water partition coefficient (Wildman–Crippen LogP) is 2.53. The van der Waals surface area contributed by atoms with Crippen LogP contribution in [0.3, 0.4) is 0 Å². The van der Waals surface area contributed by atoms with E-state index in [0.29, 0.717) is 19.8 Å². The molecule has 3 heterocycles. The first-order chi connectivity index (χ1) is 10.6. The third kappa shape index (κ3) is 3.13. The number of carbonyl (C=O) groups is 1. The van der Waals surface area contributed by atoms with Crippen LogP contribution in [0.1, 0.15) is 38.3 Å². The molecule has 22 heavy (non-hydrogen) atoms. The van der Waals surface area contributed by atoms with E-state index >= 15 is 0 Å². The molecule has 0 bridgehead atoms. The molecule has 1 aromatic rings. The van der Waals surface area contributed by atoms with E-state index in [1.165, 1.54) is 0 Å². The molecule has 6 nitrogen and oxygen atoms in total. The molecule has 2 atom stereocenters. The molecule has 1 aromatic heterocycles. The first-order valence-corrected chi connectivity index (χ1v) is 7.94. The number of rotatable bonds is 3. The molecular formula is C16H24N2O4. The third-order valence-corrected chi connectivity index (χ3v) is 4.69. The smallest absolute Gasteiger partial charge is 0.317 e. The van der Waals surface area contributed by atoms with Crippen molar-refractivity contribution >= 4 is 6.03 Å². The molecule has 2 saturated heterocycles. The molecule has 0 unspecified atom stereocenters. The van der Waals surface area contributed by atoms with E-state index in [2.05, 4.69) is 5.32 Å². The van der Waals surface area contributed by atoms with E-state index in [9.17, 15) is 4.79 Å². The van der Waals surface area contributed by atoms with Gasteiger partial charge in [0, 0.05) is 24.6 Å². The molecule has 2 amide bonds. The van der Waals surface area contributed by atoms with Gasteiger partial charge in [0.05, 0.1) is 31.8 Å². The van der Waals surface area contributed by atoms with Gasteiger partial charge < -0.3 is 24.1 Å². The summed E-state index contributed by atoms with van der Waals surface area (Å²) in [5.74, 6) is -0.325. The first-order valence-electron chi connectivity index (χ1n) is 7.94. The van der Waals surface area contributed by atoms with Crippen LogP contribution in [0.4, 0.5) is 4.79 Å². The van der Waals surface area contributed by atoms with Gasteiger partial charge in [0.25, 0.3) is 0 Å². The van der Waals surface area contributed by atoms with Crippen LogP contribution < -0.4 is 5.32 Å². The topological polar surface area (TPSA) is 63.9 Å². The number of urea groups is 1. The Balaban J connectivity index is 1.58. The Morgan fingerprint density at radius 2 is 2.23 bits per heavy atom. The van der Waals surface area contributed by atoms with Crippen molar-refractivity contribution in [1.82, 2.24) is 10.2 Å². The zero-order chi connectivity index (χ0) is 15.6. The van der Waals surface area contributed by atoms with Crippen molar-refractivity contribution in [3.05, 3.63) is 24.2 Å². The zero-order valence-electron chi connectivity index (χ0n) is 13.2. The molecule has 0 radical (unpaired) electrons. The fourth-order valence-corrected chi connectivity index (χ4v) is 3.24. The number of hydrogen-bond acceptors (Lipinski definition) is 4. The van der Waals surface area contributed by atoms with Crippen molar-refractivity contribution in [1.29, 1.82) is 0 Å². The minimum atomic E-state index is -0.547. The molecule has 0 spiro atoms. The lowest BCUT2D eigenvalue weighted by molar-refractivity contribution is -0.189. The summed E-state index contributed by atoms with van der Waals surface area (Å²) in [6, 6.07) is 1.76. The van der Waals surface area contributed by atoms with Crippen molar-refractivity contribution in [3.8, 4) is 0 Å². The molecule has 1 N–H and O–H groups in total. The van der Waals surface area contributed by atoms with Crippen molar-refractivity contribution in [2.24, 2.45) is 5.92 Å². The van der Waals surface area contributed by atoms with Crippen LogP contribution in [0.15, 0.2) is 23.0 Å². The largest absolute Gasteiger partial charge is 0.472 e. The summed E-state index contributed by atoms with van der Waals surface area (Å²) < 4.78 is 16.6. The van der Waals surface area contributed by atoms with Gasteiger partial charge in [0.2, 0.25) is 0 Å². The summed E-state index contributed by atoms with van der Waals surface area (Å²) in [4.78, 5) is 14.3. The van der Waals surface area contributed by atoms with Gasteiger partial charge >= 0.3 is 6.03 Å². The van der Waals surface area contributed by atoms with Crippen LogP contribution in [0.2, 0.25) is 0 Å². The normalized spacial score (nSPS) is 25.9. The Bertz CT molecular complexity index is 496. The molecule has 2 aliphatic heterocycles. The SMILES string of the molecule is C[C@H](NC(=O)N1CCC[C@@H](C2(C)OCCO2)C1)c1ccoc1. The van der Waals surface area contributed by atoms with Crippen LogP contribution in [-0.4, -0.2) is 43.0 Å². The standard InChI is InChI=1S/C16H24N2O4/c1-12(13-5-7-20-11-13)17-15(19)18-6-3-4-14(10-18)16(2)21-8-9-22-16/h5,7,11-12,14H,3-4,6,8-10H2,1-2H3,(H,17,19)/t12-,14+/m0/s1. The van der Waals surface area contributed by atoms with Crippen LogP contribution >= 0.6 is 0 Å². The van der Waals surface area contributed by atoms with E-state index in [4.69, 9.17) is 13.9 Å². The summed E-state index contributed by atoms with van der Waals surface area (Å²) >= 11 is 0. The third-order valence-electron chi connectivity index (χ3n) is 4.69. The first kappa shape index (κ1) is 15.4. The lowest BCUT2D eigenvalue weighted by Crippen LogP contribution is -2.51. The molecule has 122 valence electrons. The minimum absolute atomic E-state index is 0.0417. The predicted molar refractivity (Wildman–Crippen MR) is 80.3 cm³/mol. The number of ether oxygens (including phenoxy) is 2. The molecule has 2 aliphatic rings. The number of nitrogens with one attached hydrogen (secondary N) is 1. The second-order valence-electron chi connectivity index (χ2n) is 6.23. The van der Waals surface area contributed by atoms with Gasteiger partial charge in [-0.05, 0) is 32.8 Å². The molecule has 6 heteroatoms. The highest BCUT2D eigenvalue weighted by molar-refractivity contribution is 5.74. The Morgan fingerprint density at radius 3 is 2.91 bits per heavy atom. The van der Waals surface area contributed by atoms with E-state index in [0.717, 1.165) is 24.9 Å². The average Bonchev–Trinajstić information content (AvgIpc) is 3.19. The van der Waals surface area contributed by atoms with Gasteiger partial charge in [-0.1, -0.05) is 0 Å². The lowest BCUT2D eigenvalue weighted by atomic mass is 9.90. The van der Waals surface area contributed by atoms with Gasteiger partial charge in [-0.25, -0.2) is 4.79 Å². The van der Waals surface area contributed by atoms with E-state index in [-0.39, 0.29) is 18.0 Å². The van der Waals surface area contributed by atoms with Crippen LogP contribution in [-0.2, 0) is 9.47 Å². The maximum absolute atomic E-state index is 12.5. The number of likely N-dealkylation sites (tertiary alicyclic amines) is 1. The molecule has 0 aromatic carbocycles. The average molecular weight is 308 g/mol. The Labute approximate surface area is 130 Å². The van der Waals surface area contributed by atoms with Gasteiger partial charge in [-0.2, -0.15) is 0 Å². The second kappa shape index (κ2) is 6.30. The second-order valence-corrected chi connectivity index (χ2v) is 6.23. The Kier molecular flexibility index (Phi) is 4.40. The van der Waals surface area contributed by atoms with Crippen molar-refractivity contribution in [2.75, 3.05) is 26.3 Å². The molecule has 2 fully saturated rings. The molecule has 3 rings (SSSR count). The van der Waals surface area contributed by atoms with E-state index < -0.39 is 5.79 Å². The van der Waals surface area contributed by atoms with Crippen molar-refractivity contribution in [2.45, 2.75) is 38.5 Å². The van der Waals surface area contributed by atoms with Gasteiger partial charge in [0.15, 0.2) is 5.79 Å². The van der Waals surface area contributed by atoms with Crippen molar-refractivity contribution < 1.29 is 18.7 Å². The molecule has 0 saturated carbocycles. The summed E-state index contributed by atoms with van der Waals surface area (Å²) in [6.45, 7) is 6.65. The summed E-state index contributed by atoms with van der Waals surface area (Å²) in [5.41, 5.74) is 0.969. The number of carbonyl (C=O) groups excluding carboxylic acids is 1. The van der Waals surface area contributed by atoms with Gasteiger partial charge in [-0.3, -0.25) is 0 Å². The fourth-order valence-electron chi connectivity index (χ4n) is 3.24. The molecular weight excluding hydrogens is 284 g/mol. The minimum Gasteiger partial charge on any atom is -0.472 e. The Hall–Kier alpha value is -1.53. The zero-order valence-corrected chi connectivity index (χ0v) is 13.2. The summed E-state index contributed by atoms with van der Waals surface area (Å²) in [7, 11) is 0. The highest BCUT2D eigenvalue weighted by Gasteiger charge is 2.42. The number of nitrogens with zero attached hydrogens (tertiary/aromatic N) is 1. The highest BCUT2D eigenvalue weighted by atomic mass is 16.7. The summed E-state index contributed by atoms with van der Waals surface area (Å²) in [5, 5.41) is 3.02. The monoisotopic (exact) mass is 308 g/mol. The maximum Gasteiger partial charge on any atom is 0.317 e. The lowest BCUT2D eigenvalue weighted by Gasteiger charge is -2.40.